The lowest BCUT2D eigenvalue weighted by atomic mass is 10.1. The van der Waals surface area contributed by atoms with Gasteiger partial charge in [-0.1, -0.05) is 23.7 Å². The molecule has 162 valence electrons. The van der Waals surface area contributed by atoms with Gasteiger partial charge in [0.1, 0.15) is 10.7 Å². The van der Waals surface area contributed by atoms with Crippen molar-refractivity contribution < 1.29 is 22.1 Å². The Morgan fingerprint density at radius 1 is 1.13 bits per heavy atom. The number of hydrogen-bond donors (Lipinski definition) is 2. The number of hydrogen-bond acceptors (Lipinski definition) is 6. The molecule has 1 aromatic heterocycles. The number of carbonyl (C=O) groups is 1. The highest BCUT2D eigenvalue weighted by molar-refractivity contribution is 7.89. The maximum Gasteiger partial charge on any atom is 0.439 e. The van der Waals surface area contributed by atoms with Crippen molar-refractivity contribution in [3.8, 4) is 11.4 Å². The average molecular weight is 446 g/mol. The largest absolute Gasteiger partial charge is 0.439 e. The second kappa shape index (κ2) is 8.44. The molecule has 1 aliphatic heterocycles. The van der Waals surface area contributed by atoms with Crippen LogP contribution in [-0.2, 0) is 10.0 Å². The maximum atomic E-state index is 14.4. The summed E-state index contributed by atoms with van der Waals surface area (Å²) in [4.78, 5) is 25.7. The Kier molecular flexibility index (Phi) is 5.70. The summed E-state index contributed by atoms with van der Waals surface area (Å²) in [7, 11) is -4.04. The number of anilines is 1. The van der Waals surface area contributed by atoms with E-state index in [1.807, 2.05) is 0 Å². The molecule has 31 heavy (non-hydrogen) atoms. The summed E-state index contributed by atoms with van der Waals surface area (Å²) < 4.78 is 45.8. The van der Waals surface area contributed by atoms with E-state index in [1.165, 1.54) is 10.4 Å². The van der Waals surface area contributed by atoms with E-state index in [1.54, 1.807) is 24.3 Å². The maximum absolute atomic E-state index is 14.4. The van der Waals surface area contributed by atoms with E-state index in [9.17, 15) is 22.4 Å². The van der Waals surface area contributed by atoms with Crippen LogP contribution < -0.4 is 11.1 Å². The molecule has 1 aliphatic rings. The fourth-order valence-electron chi connectivity index (χ4n) is 3.39. The summed E-state index contributed by atoms with van der Waals surface area (Å²) in [6.45, 7) is 0.657. The van der Waals surface area contributed by atoms with Crippen LogP contribution >= 0.6 is 0 Å². The lowest BCUT2D eigenvalue weighted by Gasteiger charge is -2.26. The summed E-state index contributed by atoms with van der Waals surface area (Å²) in [5.74, 6) is -2.03. The summed E-state index contributed by atoms with van der Waals surface area (Å²) in [6.07, 6.45) is 2.36. The van der Waals surface area contributed by atoms with Crippen LogP contribution in [0.15, 0.2) is 56.7 Å². The monoisotopic (exact) mass is 446 g/mol. The van der Waals surface area contributed by atoms with Crippen molar-refractivity contribution in [1.29, 1.82) is 0 Å². The number of H-pyrrole nitrogens is 1. The topological polar surface area (TPSA) is 125 Å². The van der Waals surface area contributed by atoms with Crippen LogP contribution in [-0.4, -0.2) is 41.9 Å². The summed E-state index contributed by atoms with van der Waals surface area (Å²) in [5.41, 5.74) is 0.865. The SMILES string of the molecule is O=C(Nc1cccc(-c2noc(=O)[nH]2)c1)c1ccc(F)c(S(=O)(=O)N2CCCCC2)c1. The molecule has 0 bridgehead atoms. The first-order valence-corrected chi connectivity index (χ1v) is 11.1. The summed E-state index contributed by atoms with van der Waals surface area (Å²) in [5, 5.41) is 6.22. The van der Waals surface area contributed by atoms with Crippen molar-refractivity contribution in [2.45, 2.75) is 24.2 Å². The summed E-state index contributed by atoms with van der Waals surface area (Å²) >= 11 is 0. The molecular weight excluding hydrogens is 427 g/mol. The lowest BCUT2D eigenvalue weighted by Crippen LogP contribution is -2.36. The number of halogens is 1. The minimum Gasteiger partial charge on any atom is -0.322 e. The molecular formula is C20H19FN4O5S. The number of nitrogens with one attached hydrogen (secondary N) is 2. The Bertz CT molecular complexity index is 1280. The van der Waals surface area contributed by atoms with Crippen molar-refractivity contribution >= 4 is 21.6 Å². The number of sulfonamides is 1. The van der Waals surface area contributed by atoms with E-state index < -0.39 is 32.4 Å². The standard InChI is InChI=1S/C20H19FN4O5S/c21-16-8-7-14(12-17(16)31(28,29)25-9-2-1-3-10-25)19(26)22-15-6-4-5-13(11-15)18-23-20(27)30-24-18/h4-8,11-12H,1-3,9-10H2,(H,22,26)(H,23,24,27). The van der Waals surface area contributed by atoms with Gasteiger partial charge in [-0.05, 0) is 43.2 Å². The van der Waals surface area contributed by atoms with Gasteiger partial charge in [0.15, 0.2) is 5.82 Å². The first kappa shape index (κ1) is 20.9. The Morgan fingerprint density at radius 2 is 1.90 bits per heavy atom. The minimum absolute atomic E-state index is 0.00256. The van der Waals surface area contributed by atoms with Gasteiger partial charge in [-0.3, -0.25) is 14.3 Å². The van der Waals surface area contributed by atoms with Crippen LogP contribution in [0.1, 0.15) is 29.6 Å². The third-order valence-corrected chi connectivity index (χ3v) is 6.87. The Balaban J connectivity index is 1.58. The fraction of sp³-hybridized carbons (Fsp3) is 0.250. The summed E-state index contributed by atoms with van der Waals surface area (Å²) in [6, 6.07) is 9.70. The highest BCUT2D eigenvalue weighted by atomic mass is 32.2. The zero-order chi connectivity index (χ0) is 22.0. The van der Waals surface area contributed by atoms with Crippen molar-refractivity contribution in [2.24, 2.45) is 0 Å². The van der Waals surface area contributed by atoms with E-state index in [0.29, 0.717) is 37.2 Å². The second-order valence-electron chi connectivity index (χ2n) is 7.09. The van der Waals surface area contributed by atoms with E-state index >= 15 is 0 Å². The molecule has 2 heterocycles. The van der Waals surface area contributed by atoms with Gasteiger partial charge in [0.05, 0.1) is 0 Å². The van der Waals surface area contributed by atoms with Crippen LogP contribution in [0.4, 0.5) is 10.1 Å². The van der Waals surface area contributed by atoms with Gasteiger partial charge < -0.3 is 5.32 Å². The van der Waals surface area contributed by atoms with Gasteiger partial charge in [-0.25, -0.2) is 17.6 Å². The van der Waals surface area contributed by atoms with Gasteiger partial charge in [-0.2, -0.15) is 4.31 Å². The molecule has 0 saturated carbocycles. The zero-order valence-electron chi connectivity index (χ0n) is 16.3. The van der Waals surface area contributed by atoms with E-state index in [4.69, 9.17) is 0 Å². The van der Waals surface area contributed by atoms with Crippen LogP contribution in [0.25, 0.3) is 11.4 Å². The van der Waals surface area contributed by atoms with Gasteiger partial charge in [-0.15, -0.1) is 0 Å². The second-order valence-corrected chi connectivity index (χ2v) is 8.99. The van der Waals surface area contributed by atoms with Gasteiger partial charge in [0.25, 0.3) is 5.91 Å². The van der Waals surface area contributed by atoms with E-state index in [0.717, 1.165) is 18.6 Å². The molecule has 0 aliphatic carbocycles. The van der Waals surface area contributed by atoms with Crippen molar-refractivity contribution in [2.75, 3.05) is 18.4 Å². The molecule has 2 N–H and O–H groups in total. The van der Waals surface area contributed by atoms with Gasteiger partial charge in [0.2, 0.25) is 10.0 Å². The van der Waals surface area contributed by atoms with Crippen molar-refractivity contribution in [3.05, 3.63) is 64.4 Å². The number of carbonyl (C=O) groups excluding carboxylic acids is 1. The number of rotatable bonds is 5. The molecule has 0 radical (unpaired) electrons. The quantitative estimate of drug-likeness (QED) is 0.621. The van der Waals surface area contributed by atoms with Crippen LogP contribution in [0.5, 0.6) is 0 Å². The van der Waals surface area contributed by atoms with Gasteiger partial charge >= 0.3 is 5.76 Å². The highest BCUT2D eigenvalue weighted by Gasteiger charge is 2.29. The van der Waals surface area contributed by atoms with E-state index in [-0.39, 0.29) is 11.4 Å². The molecule has 1 saturated heterocycles. The Morgan fingerprint density at radius 3 is 2.61 bits per heavy atom. The normalized spacial score (nSPS) is 15.0. The fourth-order valence-corrected chi connectivity index (χ4v) is 5.00. The predicted octanol–water partition coefficient (Wildman–Crippen LogP) is 2.60. The third-order valence-electron chi connectivity index (χ3n) is 4.96. The van der Waals surface area contributed by atoms with E-state index in [2.05, 4.69) is 20.0 Å². The molecule has 0 unspecified atom stereocenters. The molecule has 1 amide bonds. The Hall–Kier alpha value is -3.31. The Labute approximate surface area is 176 Å². The first-order valence-electron chi connectivity index (χ1n) is 9.62. The molecule has 1 fully saturated rings. The van der Waals surface area contributed by atoms with Crippen LogP contribution in [0.2, 0.25) is 0 Å². The lowest BCUT2D eigenvalue weighted by molar-refractivity contribution is 0.102. The smallest absolute Gasteiger partial charge is 0.322 e. The number of nitrogens with zero attached hydrogens (tertiary/aromatic N) is 2. The zero-order valence-corrected chi connectivity index (χ0v) is 17.1. The van der Waals surface area contributed by atoms with Gasteiger partial charge in [0, 0.05) is 29.9 Å². The molecule has 9 nitrogen and oxygen atoms in total. The average Bonchev–Trinajstić information content (AvgIpc) is 3.21. The first-order chi connectivity index (χ1) is 14.8. The highest BCUT2D eigenvalue weighted by Crippen LogP contribution is 2.25. The molecule has 4 rings (SSSR count). The van der Waals surface area contributed by atoms with Crippen LogP contribution in [0, 0.1) is 5.82 Å². The predicted molar refractivity (Wildman–Crippen MR) is 110 cm³/mol. The number of amides is 1. The molecule has 3 aromatic rings. The number of aromatic nitrogens is 2. The minimum atomic E-state index is -4.04. The third kappa shape index (κ3) is 4.42. The number of aromatic amines is 1. The number of piperidine rings is 1. The van der Waals surface area contributed by atoms with Crippen LogP contribution in [0.3, 0.4) is 0 Å². The number of benzene rings is 2. The molecule has 0 atom stereocenters. The molecule has 2 aromatic carbocycles. The molecule has 0 spiro atoms. The van der Waals surface area contributed by atoms with Crippen molar-refractivity contribution in [1.82, 2.24) is 14.4 Å². The molecule has 11 heteroatoms. The van der Waals surface area contributed by atoms with Crippen molar-refractivity contribution in [3.63, 3.8) is 0 Å².